The van der Waals surface area contributed by atoms with Crippen LogP contribution in [0.1, 0.15) is 38.4 Å². The molecule has 1 unspecified atom stereocenters. The van der Waals surface area contributed by atoms with E-state index in [1.807, 2.05) is 19.2 Å². The molecule has 0 saturated heterocycles. The Labute approximate surface area is 101 Å². The van der Waals surface area contributed by atoms with Crippen LogP contribution in [0.5, 0.6) is 0 Å². The minimum atomic E-state index is -0.495. The van der Waals surface area contributed by atoms with Crippen LogP contribution in [0, 0.1) is 17.2 Å². The molecule has 88 valence electrons. The molecule has 1 rings (SSSR count). The van der Waals surface area contributed by atoms with Gasteiger partial charge in [0.2, 0.25) is 0 Å². The molecule has 0 amide bonds. The number of rotatable bonds is 4. The Morgan fingerprint density at radius 2 is 2.19 bits per heavy atom. The van der Waals surface area contributed by atoms with E-state index in [0.717, 1.165) is 17.1 Å². The van der Waals surface area contributed by atoms with Crippen molar-refractivity contribution >= 4 is 11.3 Å². The van der Waals surface area contributed by atoms with Crippen LogP contribution in [0.3, 0.4) is 0 Å². The second-order valence-corrected chi connectivity index (χ2v) is 5.85. The number of thiazole rings is 1. The van der Waals surface area contributed by atoms with Crippen molar-refractivity contribution in [2.45, 2.75) is 45.6 Å². The van der Waals surface area contributed by atoms with Gasteiger partial charge in [0.1, 0.15) is 10.4 Å². The fourth-order valence-electron chi connectivity index (χ4n) is 1.21. The predicted molar refractivity (Wildman–Crippen MR) is 67.3 cm³/mol. The van der Waals surface area contributed by atoms with Crippen LogP contribution < -0.4 is 5.73 Å². The first-order valence-electron chi connectivity index (χ1n) is 5.48. The predicted octanol–water partition coefficient (Wildman–Crippen LogP) is 2.47. The van der Waals surface area contributed by atoms with Crippen LogP contribution >= 0.6 is 11.3 Å². The van der Waals surface area contributed by atoms with E-state index in [0.29, 0.717) is 5.92 Å². The van der Waals surface area contributed by atoms with E-state index in [-0.39, 0.29) is 6.04 Å². The first kappa shape index (κ1) is 13.1. The molecule has 0 radical (unpaired) electrons. The summed E-state index contributed by atoms with van der Waals surface area (Å²) in [5.74, 6) is 0.453. The zero-order valence-corrected chi connectivity index (χ0v) is 11.1. The zero-order valence-electron chi connectivity index (χ0n) is 10.3. The molecule has 3 nitrogen and oxygen atoms in total. The largest absolute Gasteiger partial charge is 0.327 e. The molecule has 1 aromatic heterocycles. The Kier molecular flexibility index (Phi) is 4.06. The number of nitrogens with zero attached hydrogens (tertiary/aromatic N) is 2. The third-order valence-electron chi connectivity index (χ3n) is 2.67. The van der Waals surface area contributed by atoms with Gasteiger partial charge in [-0.25, -0.2) is 4.98 Å². The molecule has 0 saturated carbocycles. The molecule has 0 fully saturated rings. The van der Waals surface area contributed by atoms with Gasteiger partial charge in [0.25, 0.3) is 0 Å². The summed E-state index contributed by atoms with van der Waals surface area (Å²) in [5, 5.41) is 11.9. The molecule has 2 N–H and O–H groups in total. The number of nitriles is 1. The summed E-state index contributed by atoms with van der Waals surface area (Å²) >= 11 is 1.55. The van der Waals surface area contributed by atoms with Crippen molar-refractivity contribution in [1.29, 1.82) is 5.26 Å². The molecular formula is C12H19N3S. The lowest BCUT2D eigenvalue weighted by Gasteiger charge is -2.14. The third-order valence-corrected chi connectivity index (χ3v) is 3.88. The lowest BCUT2D eigenvalue weighted by Crippen LogP contribution is -2.29. The van der Waals surface area contributed by atoms with Crippen molar-refractivity contribution in [2.24, 2.45) is 11.7 Å². The van der Waals surface area contributed by atoms with Crippen LogP contribution in [-0.4, -0.2) is 11.0 Å². The van der Waals surface area contributed by atoms with Gasteiger partial charge in [-0.1, -0.05) is 13.8 Å². The highest BCUT2D eigenvalue weighted by Crippen LogP contribution is 2.26. The van der Waals surface area contributed by atoms with Gasteiger partial charge < -0.3 is 5.73 Å². The van der Waals surface area contributed by atoms with Crippen molar-refractivity contribution in [3.05, 3.63) is 16.1 Å². The van der Waals surface area contributed by atoms with E-state index >= 15 is 0 Å². The Morgan fingerprint density at radius 3 is 2.69 bits per heavy atom. The second kappa shape index (κ2) is 4.94. The fraction of sp³-hybridized carbons (Fsp3) is 0.667. The van der Waals surface area contributed by atoms with Crippen molar-refractivity contribution in [1.82, 2.24) is 4.98 Å². The van der Waals surface area contributed by atoms with Crippen molar-refractivity contribution < 1.29 is 0 Å². The molecule has 1 heterocycles. The standard InChI is InChI=1S/C12H19N3S/c1-8(2)10(14)5-9-6-16-11(15-9)12(3,4)7-13/h6,8,10H,5,14H2,1-4H3. The van der Waals surface area contributed by atoms with Gasteiger partial charge in [-0.15, -0.1) is 11.3 Å². The van der Waals surface area contributed by atoms with Gasteiger partial charge in [-0.3, -0.25) is 0 Å². The van der Waals surface area contributed by atoms with E-state index < -0.39 is 5.41 Å². The first-order valence-corrected chi connectivity index (χ1v) is 6.36. The van der Waals surface area contributed by atoms with E-state index in [9.17, 15) is 0 Å². The molecule has 1 atom stereocenters. The summed E-state index contributed by atoms with van der Waals surface area (Å²) < 4.78 is 0. The SMILES string of the molecule is CC(C)C(N)Cc1csc(C(C)(C)C#N)n1. The molecule has 4 heteroatoms. The molecular weight excluding hydrogens is 218 g/mol. The fourth-order valence-corrected chi connectivity index (χ4v) is 2.12. The molecule has 0 bridgehead atoms. The van der Waals surface area contributed by atoms with Gasteiger partial charge in [0, 0.05) is 17.8 Å². The highest BCUT2D eigenvalue weighted by atomic mass is 32.1. The average molecular weight is 237 g/mol. The summed E-state index contributed by atoms with van der Waals surface area (Å²) in [6, 6.07) is 2.40. The Balaban J connectivity index is 2.77. The minimum Gasteiger partial charge on any atom is -0.327 e. The van der Waals surface area contributed by atoms with Gasteiger partial charge in [-0.05, 0) is 19.8 Å². The van der Waals surface area contributed by atoms with Crippen molar-refractivity contribution in [3.8, 4) is 6.07 Å². The lowest BCUT2D eigenvalue weighted by atomic mass is 9.97. The van der Waals surface area contributed by atoms with Crippen LogP contribution in [0.15, 0.2) is 5.38 Å². The first-order chi connectivity index (χ1) is 7.36. The number of hydrogen-bond donors (Lipinski definition) is 1. The highest BCUT2D eigenvalue weighted by Gasteiger charge is 2.24. The lowest BCUT2D eigenvalue weighted by molar-refractivity contribution is 0.486. The summed E-state index contributed by atoms with van der Waals surface area (Å²) in [4.78, 5) is 4.49. The third kappa shape index (κ3) is 3.03. The van der Waals surface area contributed by atoms with Gasteiger partial charge in [0.15, 0.2) is 0 Å². The minimum absolute atomic E-state index is 0.139. The van der Waals surface area contributed by atoms with E-state index in [2.05, 4.69) is 24.9 Å². The maximum Gasteiger partial charge on any atom is 0.113 e. The summed E-state index contributed by atoms with van der Waals surface area (Å²) in [6.45, 7) is 7.99. The van der Waals surface area contributed by atoms with Crippen molar-refractivity contribution in [2.75, 3.05) is 0 Å². The van der Waals surface area contributed by atoms with Gasteiger partial charge in [0.05, 0.1) is 11.8 Å². The molecule has 0 aliphatic heterocycles. The summed E-state index contributed by atoms with van der Waals surface area (Å²) in [5.41, 5.74) is 6.51. The summed E-state index contributed by atoms with van der Waals surface area (Å²) in [6.07, 6.45) is 0.787. The van der Waals surface area contributed by atoms with Gasteiger partial charge >= 0.3 is 0 Å². The van der Waals surface area contributed by atoms with Crippen LogP contribution in [0.25, 0.3) is 0 Å². The topological polar surface area (TPSA) is 62.7 Å². The van der Waals surface area contributed by atoms with Crippen molar-refractivity contribution in [3.63, 3.8) is 0 Å². The zero-order chi connectivity index (χ0) is 12.3. The Morgan fingerprint density at radius 1 is 1.56 bits per heavy atom. The molecule has 0 aliphatic rings. The quantitative estimate of drug-likeness (QED) is 0.875. The van der Waals surface area contributed by atoms with E-state index in [1.54, 1.807) is 11.3 Å². The average Bonchev–Trinajstić information content (AvgIpc) is 2.66. The summed E-state index contributed by atoms with van der Waals surface area (Å²) in [7, 11) is 0. The number of nitrogens with two attached hydrogens (primary N) is 1. The number of aromatic nitrogens is 1. The van der Waals surface area contributed by atoms with E-state index in [1.165, 1.54) is 0 Å². The Bertz CT molecular complexity index is 387. The van der Waals surface area contributed by atoms with Gasteiger partial charge in [-0.2, -0.15) is 5.26 Å². The van der Waals surface area contributed by atoms with Crippen LogP contribution in [0.2, 0.25) is 0 Å². The van der Waals surface area contributed by atoms with Crippen LogP contribution in [0.4, 0.5) is 0 Å². The highest BCUT2D eigenvalue weighted by molar-refractivity contribution is 7.09. The monoisotopic (exact) mass is 237 g/mol. The molecule has 0 aliphatic carbocycles. The maximum atomic E-state index is 9.02. The van der Waals surface area contributed by atoms with E-state index in [4.69, 9.17) is 11.0 Å². The molecule has 16 heavy (non-hydrogen) atoms. The van der Waals surface area contributed by atoms with Crippen LogP contribution in [-0.2, 0) is 11.8 Å². The maximum absolute atomic E-state index is 9.02. The Hall–Kier alpha value is -0.920. The number of hydrogen-bond acceptors (Lipinski definition) is 4. The normalized spacial score (nSPS) is 13.8. The second-order valence-electron chi connectivity index (χ2n) is 4.99. The molecule has 1 aromatic rings. The smallest absolute Gasteiger partial charge is 0.113 e. The molecule has 0 aromatic carbocycles. The molecule has 0 spiro atoms.